The van der Waals surface area contributed by atoms with Crippen LogP contribution in [0.1, 0.15) is 30.7 Å². The van der Waals surface area contributed by atoms with Gasteiger partial charge in [0.15, 0.2) is 0 Å². The number of benzene rings is 1. The lowest BCUT2D eigenvalue weighted by Crippen LogP contribution is -2.37. The van der Waals surface area contributed by atoms with Crippen LogP contribution in [0.3, 0.4) is 0 Å². The Bertz CT molecular complexity index is 483. The summed E-state index contributed by atoms with van der Waals surface area (Å²) in [6.45, 7) is 1.62. The van der Waals surface area contributed by atoms with Gasteiger partial charge in [0, 0.05) is 24.2 Å². The van der Waals surface area contributed by atoms with E-state index in [0.717, 1.165) is 37.1 Å². The van der Waals surface area contributed by atoms with Crippen molar-refractivity contribution < 1.29 is 9.90 Å². The largest absolute Gasteiger partial charge is 0.396 e. The molecule has 1 aromatic carbocycles. The number of amides is 1. The monoisotopic (exact) mass is 260 g/mol. The molecule has 19 heavy (non-hydrogen) atoms. The van der Waals surface area contributed by atoms with Crippen LogP contribution in [0.4, 0.5) is 5.69 Å². The van der Waals surface area contributed by atoms with E-state index in [4.69, 9.17) is 0 Å². The number of nitrogens with one attached hydrogen (secondary N) is 2. The first-order valence-corrected chi connectivity index (χ1v) is 6.95. The molecule has 4 nitrogen and oxygen atoms in total. The first kappa shape index (κ1) is 12.5. The molecule has 1 heterocycles. The van der Waals surface area contributed by atoms with Crippen molar-refractivity contribution in [2.75, 3.05) is 25.0 Å². The number of fused-ring (bicyclic) bond motifs is 1. The molecule has 0 aromatic heterocycles. The first-order valence-electron chi connectivity index (χ1n) is 6.95. The van der Waals surface area contributed by atoms with E-state index >= 15 is 0 Å². The van der Waals surface area contributed by atoms with Crippen molar-refractivity contribution >= 4 is 11.6 Å². The fraction of sp³-hybridized carbons (Fsp3) is 0.533. The number of anilines is 1. The lowest BCUT2D eigenvalue weighted by molar-refractivity contribution is -0.123. The molecule has 1 saturated carbocycles. The summed E-state index contributed by atoms with van der Waals surface area (Å²) in [5, 5.41) is 15.6. The summed E-state index contributed by atoms with van der Waals surface area (Å²) in [5.74, 6) is 0.0283. The second kappa shape index (κ2) is 4.85. The topological polar surface area (TPSA) is 61.4 Å². The third-order valence-electron chi connectivity index (χ3n) is 4.33. The van der Waals surface area contributed by atoms with Crippen LogP contribution in [-0.2, 0) is 4.79 Å². The maximum atomic E-state index is 12.3. The van der Waals surface area contributed by atoms with Gasteiger partial charge in [0.1, 0.15) is 0 Å². The van der Waals surface area contributed by atoms with Gasteiger partial charge in [-0.2, -0.15) is 0 Å². The van der Waals surface area contributed by atoms with Gasteiger partial charge in [-0.05, 0) is 30.9 Å². The van der Waals surface area contributed by atoms with Crippen LogP contribution in [0.15, 0.2) is 24.3 Å². The molecule has 0 spiro atoms. The highest BCUT2D eigenvalue weighted by Gasteiger charge is 2.42. The Balaban J connectivity index is 1.67. The molecule has 1 aliphatic carbocycles. The molecule has 1 atom stereocenters. The predicted molar refractivity (Wildman–Crippen MR) is 74.1 cm³/mol. The lowest BCUT2D eigenvalue weighted by Gasteiger charge is -2.26. The molecule has 1 unspecified atom stereocenters. The van der Waals surface area contributed by atoms with E-state index in [-0.39, 0.29) is 23.8 Å². The lowest BCUT2D eigenvalue weighted by atomic mass is 9.90. The normalized spacial score (nSPS) is 23.1. The van der Waals surface area contributed by atoms with Crippen LogP contribution in [0.2, 0.25) is 0 Å². The molecule has 0 saturated heterocycles. The van der Waals surface area contributed by atoms with E-state index in [1.165, 1.54) is 0 Å². The SMILES string of the molecule is O=C(NCC1(CO)CC1)C1CCNc2ccccc21. The average Bonchev–Trinajstić information content (AvgIpc) is 3.25. The molecular formula is C15H20N2O2. The summed E-state index contributed by atoms with van der Waals surface area (Å²) < 4.78 is 0. The molecular weight excluding hydrogens is 240 g/mol. The molecule has 0 bridgehead atoms. The van der Waals surface area contributed by atoms with E-state index < -0.39 is 0 Å². The number of hydrogen-bond acceptors (Lipinski definition) is 3. The number of hydrogen-bond donors (Lipinski definition) is 3. The van der Waals surface area contributed by atoms with E-state index in [0.29, 0.717) is 6.54 Å². The summed E-state index contributed by atoms with van der Waals surface area (Å²) in [4.78, 5) is 12.3. The van der Waals surface area contributed by atoms with E-state index in [1.807, 2.05) is 24.3 Å². The fourth-order valence-electron chi connectivity index (χ4n) is 2.71. The Kier molecular flexibility index (Phi) is 3.19. The van der Waals surface area contributed by atoms with Gasteiger partial charge in [0.25, 0.3) is 0 Å². The Morgan fingerprint density at radius 3 is 2.95 bits per heavy atom. The van der Waals surface area contributed by atoms with Crippen LogP contribution in [-0.4, -0.2) is 30.7 Å². The van der Waals surface area contributed by atoms with Crippen LogP contribution < -0.4 is 10.6 Å². The molecule has 2 aliphatic rings. The minimum absolute atomic E-state index is 0.0257. The van der Waals surface area contributed by atoms with Gasteiger partial charge in [-0.15, -0.1) is 0 Å². The van der Waals surface area contributed by atoms with Crippen LogP contribution in [0.25, 0.3) is 0 Å². The number of para-hydroxylation sites is 1. The van der Waals surface area contributed by atoms with E-state index in [9.17, 15) is 9.90 Å². The minimum atomic E-state index is -0.0630. The number of carbonyl (C=O) groups is 1. The standard InChI is InChI=1S/C15H20N2O2/c18-10-15(6-7-15)9-17-14(19)12-5-8-16-13-4-2-1-3-11(12)13/h1-4,12,16,18H,5-10H2,(H,17,19). The molecule has 4 heteroatoms. The van der Waals surface area contributed by atoms with E-state index in [2.05, 4.69) is 10.6 Å². The molecule has 1 amide bonds. The second-order valence-corrected chi connectivity index (χ2v) is 5.73. The van der Waals surface area contributed by atoms with Crippen molar-refractivity contribution in [3.05, 3.63) is 29.8 Å². The highest BCUT2D eigenvalue weighted by atomic mass is 16.3. The zero-order valence-electron chi connectivity index (χ0n) is 11.0. The minimum Gasteiger partial charge on any atom is -0.396 e. The van der Waals surface area contributed by atoms with Crippen molar-refractivity contribution in [3.8, 4) is 0 Å². The number of aliphatic hydroxyl groups excluding tert-OH is 1. The third kappa shape index (κ3) is 2.45. The van der Waals surface area contributed by atoms with Crippen molar-refractivity contribution in [1.29, 1.82) is 0 Å². The summed E-state index contributed by atoms with van der Waals surface area (Å²) in [6, 6.07) is 7.99. The van der Waals surface area contributed by atoms with Crippen LogP contribution in [0, 0.1) is 5.41 Å². The van der Waals surface area contributed by atoms with Gasteiger partial charge in [-0.25, -0.2) is 0 Å². The summed E-state index contributed by atoms with van der Waals surface area (Å²) in [7, 11) is 0. The molecule has 1 aromatic rings. The molecule has 3 N–H and O–H groups in total. The summed E-state index contributed by atoms with van der Waals surface area (Å²) >= 11 is 0. The van der Waals surface area contributed by atoms with Gasteiger partial charge in [0.2, 0.25) is 5.91 Å². The maximum Gasteiger partial charge on any atom is 0.227 e. The molecule has 102 valence electrons. The first-order chi connectivity index (χ1) is 9.24. The van der Waals surface area contributed by atoms with Gasteiger partial charge in [-0.1, -0.05) is 18.2 Å². The number of aliphatic hydroxyl groups is 1. The van der Waals surface area contributed by atoms with Crippen molar-refractivity contribution in [2.45, 2.75) is 25.2 Å². The smallest absolute Gasteiger partial charge is 0.227 e. The Morgan fingerprint density at radius 1 is 1.42 bits per heavy atom. The van der Waals surface area contributed by atoms with E-state index in [1.54, 1.807) is 0 Å². The molecule has 1 aliphatic heterocycles. The summed E-state index contributed by atoms with van der Waals surface area (Å²) in [6.07, 6.45) is 2.87. The Morgan fingerprint density at radius 2 is 2.21 bits per heavy atom. The number of carbonyl (C=O) groups excluding carboxylic acids is 1. The maximum absolute atomic E-state index is 12.3. The third-order valence-corrected chi connectivity index (χ3v) is 4.33. The zero-order valence-corrected chi connectivity index (χ0v) is 11.0. The van der Waals surface area contributed by atoms with Gasteiger partial charge in [-0.3, -0.25) is 4.79 Å². The average molecular weight is 260 g/mol. The highest BCUT2D eigenvalue weighted by Crippen LogP contribution is 2.44. The molecule has 3 rings (SSSR count). The van der Waals surface area contributed by atoms with Crippen molar-refractivity contribution in [1.82, 2.24) is 5.32 Å². The van der Waals surface area contributed by atoms with Crippen molar-refractivity contribution in [2.24, 2.45) is 5.41 Å². The van der Waals surface area contributed by atoms with Crippen LogP contribution in [0.5, 0.6) is 0 Å². The van der Waals surface area contributed by atoms with Gasteiger partial charge >= 0.3 is 0 Å². The fourth-order valence-corrected chi connectivity index (χ4v) is 2.71. The quantitative estimate of drug-likeness (QED) is 0.768. The van der Waals surface area contributed by atoms with Crippen molar-refractivity contribution in [3.63, 3.8) is 0 Å². The predicted octanol–water partition coefficient (Wildman–Crippen LogP) is 1.47. The van der Waals surface area contributed by atoms with Crippen LogP contribution >= 0.6 is 0 Å². The number of rotatable bonds is 4. The molecule has 0 radical (unpaired) electrons. The second-order valence-electron chi connectivity index (χ2n) is 5.73. The van der Waals surface area contributed by atoms with Gasteiger partial charge in [0.05, 0.1) is 12.5 Å². The zero-order chi connectivity index (χ0) is 13.3. The Labute approximate surface area is 113 Å². The Hall–Kier alpha value is -1.55. The summed E-state index contributed by atoms with van der Waals surface area (Å²) in [5.41, 5.74) is 2.12. The highest BCUT2D eigenvalue weighted by molar-refractivity contribution is 5.86. The van der Waals surface area contributed by atoms with Gasteiger partial charge < -0.3 is 15.7 Å². The molecule has 1 fully saturated rings.